The summed E-state index contributed by atoms with van der Waals surface area (Å²) in [5.41, 5.74) is 4.04. The third-order valence-corrected chi connectivity index (χ3v) is 5.19. The van der Waals surface area contributed by atoms with Crippen LogP contribution in [0, 0.1) is 0 Å². The lowest BCUT2D eigenvalue weighted by atomic mass is 10.2. The maximum absolute atomic E-state index is 5.70. The maximum atomic E-state index is 5.70. The Labute approximate surface area is 156 Å². The highest BCUT2D eigenvalue weighted by molar-refractivity contribution is 7.98. The van der Waals surface area contributed by atoms with Crippen LogP contribution in [-0.4, -0.2) is 26.4 Å². The number of hydrogen-bond acceptors (Lipinski definition) is 5. The van der Waals surface area contributed by atoms with E-state index in [1.54, 1.807) is 11.8 Å². The minimum Gasteiger partial charge on any atom is -0.494 e. The van der Waals surface area contributed by atoms with E-state index in [0.717, 1.165) is 45.7 Å². The smallest absolute Gasteiger partial charge is 0.211 e. The molecule has 0 atom stereocenters. The number of aromatic nitrogens is 4. The molecule has 0 N–H and O–H groups in total. The number of aryl methyl sites for hydroxylation is 1. The van der Waals surface area contributed by atoms with Crippen LogP contribution in [-0.2, 0) is 12.3 Å². The van der Waals surface area contributed by atoms with E-state index in [2.05, 4.69) is 39.9 Å². The number of rotatable bonds is 6. The molecule has 0 amide bonds. The van der Waals surface area contributed by atoms with Crippen LogP contribution >= 0.6 is 11.8 Å². The van der Waals surface area contributed by atoms with E-state index in [9.17, 15) is 0 Å². The molecule has 0 unspecified atom stereocenters. The maximum Gasteiger partial charge on any atom is 0.211 e. The monoisotopic (exact) mass is 364 g/mol. The predicted molar refractivity (Wildman–Crippen MR) is 106 cm³/mol. The van der Waals surface area contributed by atoms with E-state index < -0.39 is 0 Å². The zero-order valence-electron chi connectivity index (χ0n) is 14.8. The summed E-state index contributed by atoms with van der Waals surface area (Å²) in [5, 5.41) is 10.6. The van der Waals surface area contributed by atoms with Gasteiger partial charge < -0.3 is 9.30 Å². The molecule has 0 saturated carbocycles. The van der Waals surface area contributed by atoms with E-state index in [-0.39, 0.29) is 0 Å². The topological polar surface area (TPSA) is 52.8 Å². The summed E-state index contributed by atoms with van der Waals surface area (Å²) in [4.78, 5) is 4.79. The SMILES string of the molecule is CCOc1ccccc1CSc1nnc2c3ccccc3n(CC)c2n1. The lowest BCUT2D eigenvalue weighted by Crippen LogP contribution is -1.99. The summed E-state index contributed by atoms with van der Waals surface area (Å²) in [6, 6.07) is 16.3. The van der Waals surface area contributed by atoms with E-state index in [0.29, 0.717) is 11.8 Å². The quantitative estimate of drug-likeness (QED) is 0.465. The summed E-state index contributed by atoms with van der Waals surface area (Å²) in [5.74, 6) is 1.66. The first-order valence-electron chi connectivity index (χ1n) is 8.77. The zero-order chi connectivity index (χ0) is 17.9. The van der Waals surface area contributed by atoms with Gasteiger partial charge in [-0.2, -0.15) is 0 Å². The van der Waals surface area contributed by atoms with Crippen LogP contribution in [0.2, 0.25) is 0 Å². The van der Waals surface area contributed by atoms with Gasteiger partial charge in [0.2, 0.25) is 5.16 Å². The van der Waals surface area contributed by atoms with Gasteiger partial charge in [0, 0.05) is 23.2 Å². The molecule has 0 saturated heterocycles. The Hall–Kier alpha value is -2.60. The fourth-order valence-corrected chi connectivity index (χ4v) is 3.90. The van der Waals surface area contributed by atoms with Gasteiger partial charge in [0.25, 0.3) is 0 Å². The second-order valence-electron chi connectivity index (χ2n) is 5.86. The molecule has 0 aliphatic carbocycles. The lowest BCUT2D eigenvalue weighted by Gasteiger charge is -2.09. The Bertz CT molecular complexity index is 1060. The molecule has 0 spiro atoms. The minimum atomic E-state index is 0.655. The van der Waals surface area contributed by atoms with E-state index >= 15 is 0 Å². The molecule has 0 radical (unpaired) electrons. The molecule has 4 rings (SSSR count). The van der Waals surface area contributed by atoms with Gasteiger partial charge in [-0.25, -0.2) is 4.98 Å². The average Bonchev–Trinajstić information content (AvgIpc) is 3.00. The molecule has 2 heterocycles. The highest BCUT2D eigenvalue weighted by Crippen LogP contribution is 2.29. The molecule has 5 nitrogen and oxygen atoms in total. The Morgan fingerprint density at radius 3 is 2.65 bits per heavy atom. The third-order valence-electron chi connectivity index (χ3n) is 4.30. The minimum absolute atomic E-state index is 0.655. The summed E-state index contributed by atoms with van der Waals surface area (Å²) in [6.45, 7) is 5.62. The molecule has 0 aliphatic heterocycles. The molecular formula is C20H20N4OS. The molecule has 132 valence electrons. The Kier molecular flexibility index (Phi) is 4.75. The van der Waals surface area contributed by atoms with Crippen molar-refractivity contribution < 1.29 is 4.74 Å². The van der Waals surface area contributed by atoms with Crippen LogP contribution in [0.15, 0.2) is 53.7 Å². The number of ether oxygens (including phenoxy) is 1. The molecule has 2 aromatic carbocycles. The van der Waals surface area contributed by atoms with Crippen LogP contribution in [0.4, 0.5) is 0 Å². The van der Waals surface area contributed by atoms with Gasteiger partial charge >= 0.3 is 0 Å². The fourth-order valence-electron chi connectivity index (χ4n) is 3.13. The lowest BCUT2D eigenvalue weighted by molar-refractivity contribution is 0.337. The van der Waals surface area contributed by atoms with Crippen molar-refractivity contribution in [2.75, 3.05) is 6.61 Å². The third kappa shape index (κ3) is 3.01. The fraction of sp³-hybridized carbons (Fsp3) is 0.250. The zero-order valence-corrected chi connectivity index (χ0v) is 15.7. The van der Waals surface area contributed by atoms with Crippen molar-refractivity contribution in [3.05, 3.63) is 54.1 Å². The summed E-state index contributed by atoms with van der Waals surface area (Å²) >= 11 is 1.58. The van der Waals surface area contributed by atoms with Crippen molar-refractivity contribution >= 4 is 33.8 Å². The van der Waals surface area contributed by atoms with E-state index in [4.69, 9.17) is 9.72 Å². The van der Waals surface area contributed by atoms with Crippen LogP contribution in [0.5, 0.6) is 5.75 Å². The van der Waals surface area contributed by atoms with E-state index in [1.807, 2.05) is 37.3 Å². The molecule has 26 heavy (non-hydrogen) atoms. The molecule has 2 aromatic heterocycles. The van der Waals surface area contributed by atoms with Gasteiger partial charge in [0.15, 0.2) is 5.65 Å². The molecule has 0 aliphatic rings. The number of hydrogen-bond donors (Lipinski definition) is 0. The van der Waals surface area contributed by atoms with Crippen molar-refractivity contribution in [3.8, 4) is 5.75 Å². The summed E-state index contributed by atoms with van der Waals surface area (Å²) in [6.07, 6.45) is 0. The van der Waals surface area contributed by atoms with E-state index in [1.165, 1.54) is 0 Å². The van der Waals surface area contributed by atoms with Gasteiger partial charge in [-0.05, 0) is 26.0 Å². The summed E-state index contributed by atoms with van der Waals surface area (Å²) in [7, 11) is 0. The molecule has 0 bridgehead atoms. The Morgan fingerprint density at radius 2 is 1.81 bits per heavy atom. The van der Waals surface area contributed by atoms with Crippen molar-refractivity contribution in [2.45, 2.75) is 31.3 Å². The molecular weight excluding hydrogens is 344 g/mol. The first-order valence-corrected chi connectivity index (χ1v) is 9.75. The first-order chi connectivity index (χ1) is 12.8. The first kappa shape index (κ1) is 16.8. The van der Waals surface area contributed by atoms with Gasteiger partial charge in [0.1, 0.15) is 11.3 Å². The number of fused-ring (bicyclic) bond motifs is 3. The number of nitrogens with zero attached hydrogens (tertiary/aromatic N) is 4. The standard InChI is InChI=1S/C20H20N4OS/c1-3-24-16-11-7-6-10-15(16)18-19(24)21-20(23-22-18)26-13-14-9-5-8-12-17(14)25-4-2/h5-12H,3-4,13H2,1-2H3. The van der Waals surface area contributed by atoms with Gasteiger partial charge in [-0.1, -0.05) is 48.2 Å². The van der Waals surface area contributed by atoms with Crippen molar-refractivity contribution in [1.82, 2.24) is 19.7 Å². The summed E-state index contributed by atoms with van der Waals surface area (Å²) < 4.78 is 7.89. The second-order valence-corrected chi connectivity index (χ2v) is 6.80. The van der Waals surface area contributed by atoms with Crippen molar-refractivity contribution in [1.29, 1.82) is 0 Å². The van der Waals surface area contributed by atoms with Gasteiger partial charge in [0.05, 0.1) is 12.1 Å². The number of benzene rings is 2. The highest BCUT2D eigenvalue weighted by Gasteiger charge is 2.14. The van der Waals surface area contributed by atoms with Crippen LogP contribution < -0.4 is 4.74 Å². The second kappa shape index (κ2) is 7.33. The average molecular weight is 364 g/mol. The molecule has 0 fully saturated rings. The van der Waals surface area contributed by atoms with Gasteiger partial charge in [-0.3, -0.25) is 0 Å². The number of thioether (sulfide) groups is 1. The molecule has 4 aromatic rings. The van der Waals surface area contributed by atoms with Crippen LogP contribution in [0.3, 0.4) is 0 Å². The van der Waals surface area contributed by atoms with Gasteiger partial charge in [-0.15, -0.1) is 10.2 Å². The van der Waals surface area contributed by atoms with Crippen LogP contribution in [0.1, 0.15) is 19.4 Å². The Morgan fingerprint density at radius 1 is 1.00 bits per heavy atom. The normalized spacial score (nSPS) is 11.3. The predicted octanol–water partition coefficient (Wildman–Crippen LogP) is 4.69. The van der Waals surface area contributed by atoms with Crippen molar-refractivity contribution in [2.24, 2.45) is 0 Å². The van der Waals surface area contributed by atoms with Crippen LogP contribution in [0.25, 0.3) is 22.1 Å². The van der Waals surface area contributed by atoms with Crippen molar-refractivity contribution in [3.63, 3.8) is 0 Å². The highest BCUT2D eigenvalue weighted by atomic mass is 32.2. The Balaban J connectivity index is 1.67. The number of para-hydroxylation sites is 2. The largest absolute Gasteiger partial charge is 0.494 e. The molecule has 6 heteroatoms.